The Morgan fingerprint density at radius 1 is 1.31 bits per heavy atom. The zero-order valence-corrected chi connectivity index (χ0v) is 10.9. The summed E-state index contributed by atoms with van der Waals surface area (Å²) in [6.07, 6.45) is 2.82. The first-order valence-corrected chi connectivity index (χ1v) is 6.85. The highest BCUT2D eigenvalue weighted by Gasteiger charge is 2.32. The number of nitrogens with zero attached hydrogens (tertiary/aromatic N) is 1. The number of halogens is 1. The molecule has 0 amide bonds. The molecule has 1 N–H and O–H groups in total. The molecule has 2 nitrogen and oxygen atoms in total. The number of hydrogen-bond donors (Lipinski definition) is 1. The molecule has 1 heterocycles. The quantitative estimate of drug-likeness (QED) is 0.896. The maximum absolute atomic E-state index is 3.61. The van der Waals surface area contributed by atoms with E-state index >= 15 is 0 Å². The molecule has 1 aromatic rings. The third-order valence-electron chi connectivity index (χ3n) is 3.52. The van der Waals surface area contributed by atoms with Gasteiger partial charge in [0.2, 0.25) is 0 Å². The van der Waals surface area contributed by atoms with Crippen molar-refractivity contribution < 1.29 is 0 Å². The molecular weight excluding hydrogens is 264 g/mol. The van der Waals surface area contributed by atoms with E-state index < -0.39 is 0 Å². The normalized spacial score (nSPS) is 26.9. The lowest BCUT2D eigenvalue weighted by Gasteiger charge is -2.34. The van der Waals surface area contributed by atoms with Crippen LogP contribution in [0.4, 0.5) is 0 Å². The molecule has 1 saturated heterocycles. The van der Waals surface area contributed by atoms with E-state index in [0.29, 0.717) is 6.04 Å². The van der Waals surface area contributed by atoms with Crippen LogP contribution in [-0.2, 0) is 0 Å². The Hall–Kier alpha value is -0.380. The lowest BCUT2D eigenvalue weighted by Crippen LogP contribution is -2.46. The van der Waals surface area contributed by atoms with Crippen molar-refractivity contribution >= 4 is 15.9 Å². The van der Waals surface area contributed by atoms with Gasteiger partial charge in [0, 0.05) is 36.2 Å². The SMILES string of the molecule is Brc1cccc([C@H]2CN(C3CC3)CCN2)c1. The highest BCUT2D eigenvalue weighted by molar-refractivity contribution is 9.10. The second-order valence-electron chi connectivity index (χ2n) is 4.79. The van der Waals surface area contributed by atoms with Gasteiger partial charge in [-0.25, -0.2) is 0 Å². The van der Waals surface area contributed by atoms with Crippen molar-refractivity contribution in [3.05, 3.63) is 34.3 Å². The fourth-order valence-corrected chi connectivity index (χ4v) is 2.91. The topological polar surface area (TPSA) is 15.3 Å². The van der Waals surface area contributed by atoms with E-state index in [9.17, 15) is 0 Å². The van der Waals surface area contributed by atoms with Crippen molar-refractivity contribution in [1.29, 1.82) is 0 Å². The summed E-state index contributed by atoms with van der Waals surface area (Å²) in [5.74, 6) is 0. The number of rotatable bonds is 2. The minimum Gasteiger partial charge on any atom is -0.308 e. The van der Waals surface area contributed by atoms with E-state index in [1.807, 2.05) is 0 Å². The summed E-state index contributed by atoms with van der Waals surface area (Å²) in [7, 11) is 0. The van der Waals surface area contributed by atoms with Gasteiger partial charge in [-0.15, -0.1) is 0 Å². The molecule has 1 aliphatic carbocycles. The van der Waals surface area contributed by atoms with Gasteiger partial charge in [0.1, 0.15) is 0 Å². The molecule has 3 heteroatoms. The van der Waals surface area contributed by atoms with Crippen LogP contribution in [0, 0.1) is 0 Å². The van der Waals surface area contributed by atoms with Crippen LogP contribution in [0.15, 0.2) is 28.7 Å². The maximum atomic E-state index is 3.61. The molecule has 1 atom stereocenters. The van der Waals surface area contributed by atoms with Gasteiger partial charge in [0.15, 0.2) is 0 Å². The van der Waals surface area contributed by atoms with Gasteiger partial charge in [-0.05, 0) is 30.5 Å². The van der Waals surface area contributed by atoms with Crippen LogP contribution in [0.25, 0.3) is 0 Å². The van der Waals surface area contributed by atoms with Gasteiger partial charge in [0.05, 0.1) is 0 Å². The molecule has 0 unspecified atom stereocenters. The molecule has 0 radical (unpaired) electrons. The van der Waals surface area contributed by atoms with Crippen LogP contribution in [0.1, 0.15) is 24.4 Å². The van der Waals surface area contributed by atoms with E-state index in [1.165, 1.54) is 36.0 Å². The van der Waals surface area contributed by atoms with Crippen molar-refractivity contribution in [3.8, 4) is 0 Å². The molecule has 1 aromatic carbocycles. The average Bonchev–Trinajstić information content (AvgIpc) is 3.13. The molecule has 2 fully saturated rings. The summed E-state index contributed by atoms with van der Waals surface area (Å²) in [6.45, 7) is 3.50. The summed E-state index contributed by atoms with van der Waals surface area (Å²) in [4.78, 5) is 2.64. The van der Waals surface area contributed by atoms with E-state index in [0.717, 1.165) is 12.6 Å². The molecular formula is C13H17BrN2. The van der Waals surface area contributed by atoms with Crippen LogP contribution in [-0.4, -0.2) is 30.6 Å². The van der Waals surface area contributed by atoms with Gasteiger partial charge < -0.3 is 5.32 Å². The standard InChI is InChI=1S/C13H17BrN2/c14-11-3-1-2-10(8-11)13-9-16(7-6-15-13)12-4-5-12/h1-3,8,12-13,15H,4-7,9H2/t13-/m1/s1. The first-order chi connectivity index (χ1) is 7.83. The summed E-state index contributed by atoms with van der Waals surface area (Å²) in [5, 5.41) is 3.61. The molecule has 16 heavy (non-hydrogen) atoms. The Morgan fingerprint density at radius 2 is 2.19 bits per heavy atom. The zero-order chi connectivity index (χ0) is 11.0. The van der Waals surface area contributed by atoms with Crippen molar-refractivity contribution in [2.45, 2.75) is 24.9 Å². The Morgan fingerprint density at radius 3 is 2.94 bits per heavy atom. The maximum Gasteiger partial charge on any atom is 0.0450 e. The fraction of sp³-hybridized carbons (Fsp3) is 0.538. The van der Waals surface area contributed by atoms with Crippen molar-refractivity contribution in [1.82, 2.24) is 10.2 Å². The highest BCUT2D eigenvalue weighted by atomic mass is 79.9. The Kier molecular flexibility index (Phi) is 3.01. The minimum atomic E-state index is 0.506. The number of hydrogen-bond acceptors (Lipinski definition) is 2. The zero-order valence-electron chi connectivity index (χ0n) is 9.32. The van der Waals surface area contributed by atoms with Crippen LogP contribution in [0.5, 0.6) is 0 Å². The van der Waals surface area contributed by atoms with Gasteiger partial charge in [-0.2, -0.15) is 0 Å². The molecule has 1 saturated carbocycles. The second-order valence-corrected chi connectivity index (χ2v) is 5.70. The van der Waals surface area contributed by atoms with Crippen LogP contribution in [0.3, 0.4) is 0 Å². The molecule has 2 aliphatic rings. The molecule has 3 rings (SSSR count). The van der Waals surface area contributed by atoms with Crippen molar-refractivity contribution in [3.63, 3.8) is 0 Å². The minimum absolute atomic E-state index is 0.506. The Labute approximate surface area is 105 Å². The largest absolute Gasteiger partial charge is 0.308 e. The average molecular weight is 281 g/mol. The predicted molar refractivity (Wildman–Crippen MR) is 69.5 cm³/mol. The number of piperazine rings is 1. The smallest absolute Gasteiger partial charge is 0.0450 e. The molecule has 0 spiro atoms. The van der Waals surface area contributed by atoms with Gasteiger partial charge in [-0.3, -0.25) is 4.90 Å². The van der Waals surface area contributed by atoms with Crippen LogP contribution >= 0.6 is 15.9 Å². The molecule has 1 aliphatic heterocycles. The summed E-state index contributed by atoms with van der Waals surface area (Å²) in [5.41, 5.74) is 1.40. The van der Waals surface area contributed by atoms with Crippen molar-refractivity contribution in [2.24, 2.45) is 0 Å². The predicted octanol–water partition coefficient (Wildman–Crippen LogP) is 2.56. The van der Waals surface area contributed by atoms with Crippen LogP contribution < -0.4 is 5.32 Å². The third kappa shape index (κ3) is 2.31. The summed E-state index contributed by atoms with van der Waals surface area (Å²) < 4.78 is 1.18. The van der Waals surface area contributed by atoms with Gasteiger partial charge in [-0.1, -0.05) is 28.1 Å². The van der Waals surface area contributed by atoms with E-state index in [1.54, 1.807) is 0 Å². The summed E-state index contributed by atoms with van der Waals surface area (Å²) >= 11 is 3.54. The lowest BCUT2D eigenvalue weighted by molar-refractivity contribution is 0.192. The van der Waals surface area contributed by atoms with E-state index in [-0.39, 0.29) is 0 Å². The summed E-state index contributed by atoms with van der Waals surface area (Å²) in [6, 6.07) is 10.1. The Bertz CT molecular complexity index is 376. The molecule has 86 valence electrons. The number of nitrogens with one attached hydrogen (secondary N) is 1. The molecule has 0 bridgehead atoms. The van der Waals surface area contributed by atoms with Gasteiger partial charge in [0.25, 0.3) is 0 Å². The highest BCUT2D eigenvalue weighted by Crippen LogP contribution is 2.30. The second kappa shape index (κ2) is 4.47. The van der Waals surface area contributed by atoms with Gasteiger partial charge >= 0.3 is 0 Å². The first-order valence-electron chi connectivity index (χ1n) is 6.06. The van der Waals surface area contributed by atoms with E-state index in [2.05, 4.69) is 50.4 Å². The monoisotopic (exact) mass is 280 g/mol. The Balaban J connectivity index is 1.73. The first kappa shape index (κ1) is 10.8. The van der Waals surface area contributed by atoms with Crippen molar-refractivity contribution in [2.75, 3.05) is 19.6 Å². The molecule has 0 aromatic heterocycles. The van der Waals surface area contributed by atoms with E-state index in [4.69, 9.17) is 0 Å². The van der Waals surface area contributed by atoms with Crippen LogP contribution in [0.2, 0.25) is 0 Å². The number of benzene rings is 1. The lowest BCUT2D eigenvalue weighted by atomic mass is 10.0. The third-order valence-corrected chi connectivity index (χ3v) is 4.01. The fourth-order valence-electron chi connectivity index (χ4n) is 2.49.